The van der Waals surface area contributed by atoms with Crippen LogP contribution >= 0.6 is 22.9 Å². The number of carbonyl (C=O) groups excluding carboxylic acids is 1. The number of carbonyl (C=O) groups is 1. The fourth-order valence-electron chi connectivity index (χ4n) is 2.29. The fourth-order valence-corrected chi connectivity index (χ4v) is 3.29. The van der Waals surface area contributed by atoms with Crippen molar-refractivity contribution in [3.8, 4) is 0 Å². The van der Waals surface area contributed by atoms with Crippen molar-refractivity contribution in [2.24, 2.45) is 5.92 Å². The number of imidazole rings is 1. The smallest absolute Gasteiger partial charge is 0.246 e. The summed E-state index contributed by atoms with van der Waals surface area (Å²) >= 11 is 7.61. The molecular weight excluding hydrogens is 294 g/mol. The summed E-state index contributed by atoms with van der Waals surface area (Å²) in [6.45, 7) is 2.10. The number of hydrogen-bond donors (Lipinski definition) is 0. The number of nitrogens with zero attached hydrogens (tertiary/aromatic N) is 3. The number of rotatable bonds is 4. The van der Waals surface area contributed by atoms with E-state index in [2.05, 4.69) is 11.9 Å². The van der Waals surface area contributed by atoms with Crippen LogP contribution in [0.2, 0.25) is 5.15 Å². The molecule has 20 heavy (non-hydrogen) atoms. The normalized spacial score (nSPS) is 16.9. The fraction of sp³-hybridized carbons (Fsp3) is 0.429. The summed E-state index contributed by atoms with van der Waals surface area (Å²) in [6, 6.07) is 0.300. The van der Waals surface area contributed by atoms with E-state index in [4.69, 9.17) is 11.6 Å². The summed E-state index contributed by atoms with van der Waals surface area (Å²) in [5, 5.41) is 2.37. The average Bonchev–Trinajstić information content (AvgIpc) is 3.11. The molecule has 1 aliphatic carbocycles. The molecule has 0 radical (unpaired) electrons. The van der Waals surface area contributed by atoms with Crippen LogP contribution in [0.3, 0.4) is 0 Å². The van der Waals surface area contributed by atoms with Gasteiger partial charge in [0.2, 0.25) is 5.91 Å². The zero-order chi connectivity index (χ0) is 14.3. The van der Waals surface area contributed by atoms with Crippen LogP contribution in [0.1, 0.15) is 25.5 Å². The van der Waals surface area contributed by atoms with Crippen molar-refractivity contribution in [1.82, 2.24) is 14.3 Å². The highest BCUT2D eigenvalue weighted by Gasteiger charge is 2.31. The number of thiazole rings is 1. The van der Waals surface area contributed by atoms with Crippen LogP contribution in [0.5, 0.6) is 0 Å². The first-order chi connectivity index (χ1) is 9.58. The van der Waals surface area contributed by atoms with Gasteiger partial charge in [-0.15, -0.1) is 11.3 Å². The molecule has 1 aliphatic rings. The van der Waals surface area contributed by atoms with Gasteiger partial charge in [0.15, 0.2) is 10.1 Å². The van der Waals surface area contributed by atoms with E-state index in [9.17, 15) is 4.79 Å². The van der Waals surface area contributed by atoms with Gasteiger partial charge in [0.25, 0.3) is 0 Å². The van der Waals surface area contributed by atoms with Gasteiger partial charge in [0, 0.05) is 30.7 Å². The van der Waals surface area contributed by atoms with Gasteiger partial charge >= 0.3 is 0 Å². The van der Waals surface area contributed by atoms with Gasteiger partial charge < -0.3 is 4.90 Å². The van der Waals surface area contributed by atoms with Gasteiger partial charge in [-0.3, -0.25) is 9.20 Å². The Morgan fingerprint density at radius 2 is 2.40 bits per heavy atom. The first kappa shape index (κ1) is 13.6. The Balaban J connectivity index is 1.77. The predicted octanol–water partition coefficient (Wildman–Crippen LogP) is 3.32. The van der Waals surface area contributed by atoms with Crippen LogP contribution < -0.4 is 0 Å². The minimum Gasteiger partial charge on any atom is -0.339 e. The number of halogens is 1. The van der Waals surface area contributed by atoms with E-state index in [-0.39, 0.29) is 5.91 Å². The third kappa shape index (κ3) is 2.47. The molecule has 0 saturated heterocycles. The molecule has 0 aromatic carbocycles. The van der Waals surface area contributed by atoms with Crippen molar-refractivity contribution in [3.05, 3.63) is 28.5 Å². The van der Waals surface area contributed by atoms with E-state index in [0.29, 0.717) is 17.1 Å². The Labute approximate surface area is 126 Å². The summed E-state index contributed by atoms with van der Waals surface area (Å²) in [5.74, 6) is 0.671. The van der Waals surface area contributed by atoms with Crippen molar-refractivity contribution in [2.75, 3.05) is 7.05 Å². The molecule has 106 valence electrons. The second-order valence-electron chi connectivity index (χ2n) is 5.20. The molecule has 0 N–H and O–H groups in total. The summed E-state index contributed by atoms with van der Waals surface area (Å²) in [7, 11) is 1.85. The molecule has 1 amide bonds. The van der Waals surface area contributed by atoms with E-state index in [1.807, 2.05) is 23.0 Å². The zero-order valence-electron chi connectivity index (χ0n) is 11.4. The van der Waals surface area contributed by atoms with Crippen molar-refractivity contribution in [2.45, 2.75) is 25.8 Å². The maximum absolute atomic E-state index is 12.2. The van der Waals surface area contributed by atoms with Crippen LogP contribution in [0, 0.1) is 5.92 Å². The number of fused-ring (bicyclic) bond motifs is 1. The summed E-state index contributed by atoms with van der Waals surface area (Å²) in [6.07, 6.45) is 7.68. The van der Waals surface area contributed by atoms with Crippen LogP contribution in [0.4, 0.5) is 0 Å². The Kier molecular flexibility index (Phi) is 3.56. The number of amides is 1. The molecule has 2 aromatic rings. The number of aromatic nitrogens is 2. The van der Waals surface area contributed by atoms with E-state index in [1.165, 1.54) is 24.2 Å². The Morgan fingerprint density at radius 1 is 1.65 bits per heavy atom. The van der Waals surface area contributed by atoms with Gasteiger partial charge in [-0.2, -0.15) is 0 Å². The summed E-state index contributed by atoms with van der Waals surface area (Å²) < 4.78 is 1.89. The van der Waals surface area contributed by atoms with Crippen LogP contribution in [-0.4, -0.2) is 33.3 Å². The van der Waals surface area contributed by atoms with Gasteiger partial charge in [0.1, 0.15) is 0 Å². The van der Waals surface area contributed by atoms with Crippen molar-refractivity contribution < 1.29 is 4.79 Å². The molecule has 0 aliphatic heterocycles. The molecule has 0 spiro atoms. The third-order valence-corrected chi connectivity index (χ3v) is 4.94. The number of hydrogen-bond acceptors (Lipinski definition) is 3. The minimum atomic E-state index is 0.00523. The van der Waals surface area contributed by atoms with E-state index in [1.54, 1.807) is 17.1 Å². The average molecular weight is 310 g/mol. The standard InChI is InChI=1S/C14H16ClN3OS/c1-9(10-3-4-10)17(2)12(19)6-5-11-13(15)16-14-18(11)7-8-20-14/h5-10H,3-4H2,1-2H3/b6-5+. The minimum absolute atomic E-state index is 0.00523. The van der Waals surface area contributed by atoms with Gasteiger partial charge in [-0.25, -0.2) is 4.98 Å². The molecule has 2 aromatic heterocycles. The molecule has 1 atom stereocenters. The first-order valence-electron chi connectivity index (χ1n) is 6.64. The van der Waals surface area contributed by atoms with Gasteiger partial charge in [-0.1, -0.05) is 11.6 Å². The Morgan fingerprint density at radius 3 is 3.10 bits per heavy atom. The highest BCUT2D eigenvalue weighted by atomic mass is 35.5. The van der Waals surface area contributed by atoms with Crippen molar-refractivity contribution >= 4 is 39.9 Å². The van der Waals surface area contributed by atoms with Crippen molar-refractivity contribution in [3.63, 3.8) is 0 Å². The Bertz CT molecular complexity index is 671. The molecule has 6 heteroatoms. The summed E-state index contributed by atoms with van der Waals surface area (Å²) in [4.78, 5) is 19.0. The highest BCUT2D eigenvalue weighted by molar-refractivity contribution is 7.15. The quantitative estimate of drug-likeness (QED) is 0.813. The predicted molar refractivity (Wildman–Crippen MR) is 82.1 cm³/mol. The van der Waals surface area contributed by atoms with Crippen LogP contribution in [0.25, 0.3) is 11.0 Å². The second kappa shape index (κ2) is 5.22. The van der Waals surface area contributed by atoms with Gasteiger partial charge in [0.05, 0.1) is 5.69 Å². The molecule has 3 rings (SSSR count). The lowest BCUT2D eigenvalue weighted by Gasteiger charge is -2.23. The number of likely N-dealkylation sites (N-methyl/N-ethyl adjacent to an activating group) is 1. The van der Waals surface area contributed by atoms with E-state index < -0.39 is 0 Å². The Hall–Kier alpha value is -1.33. The molecule has 2 heterocycles. The highest BCUT2D eigenvalue weighted by Crippen LogP contribution is 2.34. The van der Waals surface area contributed by atoms with E-state index in [0.717, 1.165) is 10.7 Å². The largest absolute Gasteiger partial charge is 0.339 e. The molecule has 1 fully saturated rings. The molecule has 4 nitrogen and oxygen atoms in total. The summed E-state index contributed by atoms with van der Waals surface area (Å²) in [5.41, 5.74) is 0.753. The third-order valence-electron chi connectivity index (χ3n) is 3.90. The lowest BCUT2D eigenvalue weighted by molar-refractivity contribution is -0.126. The van der Waals surface area contributed by atoms with Crippen LogP contribution in [-0.2, 0) is 4.79 Å². The van der Waals surface area contributed by atoms with Crippen molar-refractivity contribution in [1.29, 1.82) is 0 Å². The van der Waals surface area contributed by atoms with Crippen LogP contribution in [0.15, 0.2) is 17.7 Å². The zero-order valence-corrected chi connectivity index (χ0v) is 13.0. The lowest BCUT2D eigenvalue weighted by Crippen LogP contribution is -2.35. The lowest BCUT2D eigenvalue weighted by atomic mass is 10.2. The first-order valence-corrected chi connectivity index (χ1v) is 7.89. The maximum Gasteiger partial charge on any atom is 0.246 e. The molecule has 1 saturated carbocycles. The van der Waals surface area contributed by atoms with E-state index >= 15 is 0 Å². The molecule has 0 bridgehead atoms. The molecular formula is C14H16ClN3OS. The topological polar surface area (TPSA) is 37.6 Å². The second-order valence-corrected chi connectivity index (χ2v) is 6.43. The monoisotopic (exact) mass is 309 g/mol. The maximum atomic E-state index is 12.2. The SMILES string of the molecule is CC(C1CC1)N(C)C(=O)/C=C/c1c(Cl)nc2sccn12. The molecule has 1 unspecified atom stereocenters. The van der Waals surface area contributed by atoms with Gasteiger partial charge in [-0.05, 0) is 31.8 Å².